The van der Waals surface area contributed by atoms with Crippen LogP contribution in [0, 0.1) is 0 Å². The second-order valence-electron chi connectivity index (χ2n) is 5.40. The Morgan fingerprint density at radius 1 is 0.960 bits per heavy atom. The fourth-order valence-electron chi connectivity index (χ4n) is 2.37. The Morgan fingerprint density at radius 3 is 2.16 bits per heavy atom. The van der Waals surface area contributed by atoms with E-state index in [1.54, 1.807) is 41.3 Å². The van der Waals surface area contributed by atoms with E-state index < -0.39 is 9.84 Å². The van der Waals surface area contributed by atoms with Crippen molar-refractivity contribution in [1.82, 2.24) is 9.97 Å². The van der Waals surface area contributed by atoms with Crippen LogP contribution in [-0.2, 0) is 9.84 Å². The molecule has 2 aromatic heterocycles. The van der Waals surface area contributed by atoms with E-state index in [0.29, 0.717) is 10.0 Å². The van der Waals surface area contributed by atoms with Gasteiger partial charge in [0.05, 0.1) is 25.3 Å². The van der Waals surface area contributed by atoms with Crippen molar-refractivity contribution in [3.8, 4) is 0 Å². The van der Waals surface area contributed by atoms with E-state index in [4.69, 9.17) is 0 Å². The smallest absolute Gasteiger partial charge is 0.190 e. The van der Waals surface area contributed by atoms with Crippen LogP contribution in [0.5, 0.6) is 0 Å². The Kier molecular flexibility index (Phi) is 4.19. The van der Waals surface area contributed by atoms with Crippen LogP contribution in [0.2, 0.25) is 0 Å². The van der Waals surface area contributed by atoms with Crippen LogP contribution in [-0.4, -0.2) is 30.9 Å². The van der Waals surface area contributed by atoms with Crippen LogP contribution in [0.4, 0.5) is 10.3 Å². The number of nitrogens with zero attached hydrogens (tertiary/aromatic N) is 2. The van der Waals surface area contributed by atoms with E-state index in [2.05, 4.69) is 27.4 Å². The number of anilines is 2. The number of benzene rings is 2. The topological polar surface area (TPSA) is 72.0 Å². The van der Waals surface area contributed by atoms with Gasteiger partial charge in [-0.25, -0.2) is 18.4 Å². The monoisotopic (exact) mass is 407 g/mol. The van der Waals surface area contributed by atoms with E-state index in [1.165, 1.54) is 22.5 Å². The fourth-order valence-corrected chi connectivity index (χ4v) is 5.47. The van der Waals surface area contributed by atoms with Crippen molar-refractivity contribution in [2.75, 3.05) is 17.8 Å². The van der Waals surface area contributed by atoms with Crippen LogP contribution >= 0.6 is 34.4 Å². The number of fused-ring (bicyclic) bond motifs is 2. The van der Waals surface area contributed by atoms with Crippen molar-refractivity contribution in [2.45, 2.75) is 9.79 Å². The number of hydrogen-bond acceptors (Lipinski definition) is 8. The molecule has 0 aliphatic carbocycles. The summed E-state index contributed by atoms with van der Waals surface area (Å²) in [4.78, 5) is 10.6. The van der Waals surface area contributed by atoms with E-state index in [-0.39, 0.29) is 0 Å². The maximum atomic E-state index is 11.7. The van der Waals surface area contributed by atoms with Crippen LogP contribution in [0.25, 0.3) is 20.4 Å². The minimum absolute atomic E-state index is 0.305. The predicted octanol–water partition coefficient (Wildman–Crippen LogP) is 4.78. The highest BCUT2D eigenvalue weighted by Crippen LogP contribution is 2.34. The molecular weight excluding hydrogens is 394 g/mol. The largest absolute Gasteiger partial charge is 0.307 e. The van der Waals surface area contributed by atoms with Crippen molar-refractivity contribution in [3.63, 3.8) is 0 Å². The molecule has 2 heterocycles. The molecule has 25 heavy (non-hydrogen) atoms. The summed E-state index contributed by atoms with van der Waals surface area (Å²) < 4.78 is 25.3. The first-order chi connectivity index (χ1) is 11.9. The zero-order valence-corrected chi connectivity index (χ0v) is 16.6. The number of nitrogens with one attached hydrogen (secondary N) is 1. The zero-order chi connectivity index (χ0) is 17.6. The average Bonchev–Trinajstić information content (AvgIpc) is 3.14. The number of thioether (sulfide) groups is 1. The van der Waals surface area contributed by atoms with Gasteiger partial charge in [0.25, 0.3) is 0 Å². The molecule has 1 N–H and O–H groups in total. The molecule has 4 aromatic rings. The summed E-state index contributed by atoms with van der Waals surface area (Å²) in [6, 6.07) is 11.2. The molecule has 9 heteroatoms. The summed E-state index contributed by atoms with van der Waals surface area (Å²) in [6.45, 7) is 0. The molecule has 2 aromatic carbocycles. The molecule has 0 aliphatic heterocycles. The maximum Gasteiger partial charge on any atom is 0.190 e. The third kappa shape index (κ3) is 3.37. The van der Waals surface area contributed by atoms with Crippen LogP contribution < -0.4 is 5.32 Å². The van der Waals surface area contributed by atoms with Crippen molar-refractivity contribution in [3.05, 3.63) is 36.4 Å². The number of hydrogen-bond donors (Lipinski definition) is 1. The molecular formula is C16H13N3O2S4. The van der Waals surface area contributed by atoms with E-state index in [1.807, 2.05) is 12.3 Å². The normalized spacial score (nSPS) is 12.1. The Balaban J connectivity index is 1.68. The van der Waals surface area contributed by atoms with Gasteiger partial charge >= 0.3 is 0 Å². The van der Waals surface area contributed by atoms with Gasteiger partial charge in [-0.05, 0) is 42.7 Å². The Bertz CT molecular complexity index is 1190. The Hall–Kier alpha value is -1.68. The summed E-state index contributed by atoms with van der Waals surface area (Å²) in [5.41, 5.74) is 1.72. The molecule has 0 saturated carbocycles. The summed E-state index contributed by atoms with van der Waals surface area (Å²) in [5, 5.41) is 4.71. The van der Waals surface area contributed by atoms with Gasteiger partial charge in [0, 0.05) is 11.2 Å². The quantitative estimate of drug-likeness (QED) is 0.491. The summed E-state index contributed by atoms with van der Waals surface area (Å²) in [7, 11) is -3.22. The van der Waals surface area contributed by atoms with E-state index in [9.17, 15) is 8.42 Å². The minimum Gasteiger partial charge on any atom is -0.307 e. The van der Waals surface area contributed by atoms with Crippen molar-refractivity contribution in [1.29, 1.82) is 0 Å². The summed E-state index contributed by atoms with van der Waals surface area (Å²) in [6.07, 6.45) is 3.26. The lowest BCUT2D eigenvalue weighted by Crippen LogP contribution is -1.95. The van der Waals surface area contributed by atoms with E-state index in [0.717, 1.165) is 25.6 Å². The number of rotatable bonds is 4. The minimum atomic E-state index is -3.22. The first kappa shape index (κ1) is 16.8. The van der Waals surface area contributed by atoms with Gasteiger partial charge in [-0.15, -0.1) is 11.8 Å². The maximum absolute atomic E-state index is 11.7. The van der Waals surface area contributed by atoms with Gasteiger partial charge in [-0.1, -0.05) is 22.7 Å². The van der Waals surface area contributed by atoms with Crippen LogP contribution in [0.15, 0.2) is 46.2 Å². The second kappa shape index (κ2) is 6.24. The molecule has 0 radical (unpaired) electrons. The van der Waals surface area contributed by atoms with Gasteiger partial charge < -0.3 is 5.32 Å². The molecule has 0 atom stereocenters. The lowest BCUT2D eigenvalue weighted by Gasteiger charge is -1.96. The predicted molar refractivity (Wildman–Crippen MR) is 107 cm³/mol. The number of thiazole rings is 2. The first-order valence-corrected chi connectivity index (χ1v) is 12.0. The fraction of sp³-hybridized carbons (Fsp3) is 0.125. The molecule has 4 rings (SSSR count). The highest BCUT2D eigenvalue weighted by molar-refractivity contribution is 7.98. The Morgan fingerprint density at radius 2 is 1.56 bits per heavy atom. The molecule has 0 amide bonds. The molecule has 0 aliphatic rings. The highest BCUT2D eigenvalue weighted by Gasteiger charge is 2.12. The lowest BCUT2D eigenvalue weighted by atomic mass is 10.3. The van der Waals surface area contributed by atoms with Crippen LogP contribution in [0.3, 0.4) is 0 Å². The first-order valence-electron chi connectivity index (χ1n) is 7.25. The van der Waals surface area contributed by atoms with Gasteiger partial charge in [0.1, 0.15) is 0 Å². The average molecular weight is 408 g/mol. The number of sulfone groups is 1. The number of aromatic nitrogens is 2. The lowest BCUT2D eigenvalue weighted by molar-refractivity contribution is 0.602. The highest BCUT2D eigenvalue weighted by atomic mass is 32.2. The molecule has 0 bridgehead atoms. The van der Waals surface area contributed by atoms with Crippen molar-refractivity contribution >= 4 is 75.0 Å². The third-order valence-corrected chi connectivity index (χ3v) is 7.30. The molecule has 5 nitrogen and oxygen atoms in total. The SMILES string of the molecule is CSc1ccc2nc(Nc3nc4ccc(S(C)(=O)=O)cc4s3)sc2c1. The molecule has 0 unspecified atom stereocenters. The summed E-state index contributed by atoms with van der Waals surface area (Å²) >= 11 is 4.69. The van der Waals surface area contributed by atoms with Gasteiger partial charge in [-0.3, -0.25) is 0 Å². The second-order valence-corrected chi connectivity index (χ2v) is 10.4. The molecule has 0 fully saturated rings. The third-order valence-electron chi connectivity index (χ3n) is 3.60. The van der Waals surface area contributed by atoms with E-state index >= 15 is 0 Å². The molecule has 0 spiro atoms. The van der Waals surface area contributed by atoms with Gasteiger partial charge in [0.15, 0.2) is 20.1 Å². The van der Waals surface area contributed by atoms with Crippen molar-refractivity contribution in [2.24, 2.45) is 0 Å². The standard InChI is InChI=1S/C16H13N3O2S4/c1-22-9-3-5-11-13(7-9)23-15(17-11)19-16-18-12-6-4-10(25(2,20)21)8-14(12)24-16/h3-8H,1-2H3,(H,17,18,19). The van der Waals surface area contributed by atoms with Gasteiger partial charge in [0.2, 0.25) is 0 Å². The Labute approximate surface area is 157 Å². The zero-order valence-electron chi connectivity index (χ0n) is 13.3. The van der Waals surface area contributed by atoms with Crippen molar-refractivity contribution < 1.29 is 8.42 Å². The molecule has 0 saturated heterocycles. The van der Waals surface area contributed by atoms with Gasteiger partial charge in [-0.2, -0.15) is 0 Å². The molecule has 128 valence electrons. The van der Waals surface area contributed by atoms with Crippen LogP contribution in [0.1, 0.15) is 0 Å². The summed E-state index contributed by atoms with van der Waals surface area (Å²) in [5.74, 6) is 0.